The normalized spacial score (nSPS) is 13.0. The van der Waals surface area contributed by atoms with E-state index in [-0.39, 0.29) is 0 Å². The van der Waals surface area contributed by atoms with Gasteiger partial charge in [0.25, 0.3) is 0 Å². The summed E-state index contributed by atoms with van der Waals surface area (Å²) in [6, 6.07) is 0.457. The molecule has 0 aliphatic carbocycles. The van der Waals surface area contributed by atoms with Gasteiger partial charge in [0.1, 0.15) is 0 Å². The van der Waals surface area contributed by atoms with Crippen LogP contribution < -0.4 is 10.6 Å². The van der Waals surface area contributed by atoms with Crippen molar-refractivity contribution in [2.45, 2.75) is 32.9 Å². The third-order valence-corrected chi connectivity index (χ3v) is 2.16. The van der Waals surface area contributed by atoms with Crippen LogP contribution in [-0.4, -0.2) is 34.1 Å². The topological polar surface area (TPSA) is 54.8 Å². The molecule has 0 amide bonds. The molecule has 1 rings (SSSR count). The van der Waals surface area contributed by atoms with Crippen LogP contribution in [-0.2, 0) is 13.6 Å². The molecule has 2 N–H and O–H groups in total. The fourth-order valence-corrected chi connectivity index (χ4v) is 1.32. The fraction of sp³-hybridized carbons (Fsp3) is 0.800. The van der Waals surface area contributed by atoms with E-state index < -0.39 is 0 Å². The Balaban J connectivity index is 2.13. The van der Waals surface area contributed by atoms with Crippen LogP contribution in [0.4, 0.5) is 0 Å². The molecule has 0 aromatic carbocycles. The minimum atomic E-state index is 0.457. The van der Waals surface area contributed by atoms with Gasteiger partial charge in [0, 0.05) is 32.4 Å². The molecule has 0 saturated carbocycles. The van der Waals surface area contributed by atoms with E-state index in [9.17, 15) is 0 Å². The summed E-state index contributed by atoms with van der Waals surface area (Å²) in [5.74, 6) is 0. The average Bonchev–Trinajstić information content (AvgIpc) is 2.62. The van der Waals surface area contributed by atoms with Gasteiger partial charge >= 0.3 is 0 Å². The SMILES string of the molecule is CCCNCC(C)NCc1cn(C)nn1. The number of nitrogens with zero attached hydrogens (tertiary/aromatic N) is 3. The molecule has 1 aromatic heterocycles. The van der Waals surface area contributed by atoms with Gasteiger partial charge in [-0.05, 0) is 19.9 Å². The Morgan fingerprint density at radius 3 is 2.93 bits per heavy atom. The van der Waals surface area contributed by atoms with E-state index in [2.05, 4.69) is 34.8 Å². The van der Waals surface area contributed by atoms with E-state index in [1.807, 2.05) is 13.2 Å². The van der Waals surface area contributed by atoms with Crippen molar-refractivity contribution in [1.82, 2.24) is 25.6 Å². The van der Waals surface area contributed by atoms with E-state index in [1.54, 1.807) is 4.68 Å². The molecule has 1 aromatic rings. The predicted molar refractivity (Wildman–Crippen MR) is 60.5 cm³/mol. The first-order valence-corrected chi connectivity index (χ1v) is 5.51. The lowest BCUT2D eigenvalue weighted by Crippen LogP contribution is -2.36. The molecule has 1 atom stereocenters. The zero-order chi connectivity index (χ0) is 11.1. The Morgan fingerprint density at radius 1 is 1.53 bits per heavy atom. The number of nitrogens with one attached hydrogen (secondary N) is 2. The van der Waals surface area contributed by atoms with E-state index in [1.165, 1.54) is 6.42 Å². The Kier molecular flexibility index (Phi) is 5.28. The van der Waals surface area contributed by atoms with Crippen molar-refractivity contribution in [2.24, 2.45) is 7.05 Å². The van der Waals surface area contributed by atoms with E-state index in [0.29, 0.717) is 6.04 Å². The summed E-state index contributed by atoms with van der Waals surface area (Å²) < 4.78 is 1.72. The molecule has 0 saturated heterocycles. The average molecular weight is 211 g/mol. The Hall–Kier alpha value is -0.940. The lowest BCUT2D eigenvalue weighted by molar-refractivity contribution is 0.497. The van der Waals surface area contributed by atoms with Crippen LogP contribution in [0.5, 0.6) is 0 Å². The van der Waals surface area contributed by atoms with Crippen LogP contribution in [0.15, 0.2) is 6.20 Å². The van der Waals surface area contributed by atoms with E-state index in [4.69, 9.17) is 0 Å². The summed E-state index contributed by atoms with van der Waals surface area (Å²) in [5, 5.41) is 14.7. The summed E-state index contributed by atoms with van der Waals surface area (Å²) in [7, 11) is 1.88. The smallest absolute Gasteiger partial charge is 0.0964 e. The van der Waals surface area contributed by atoms with Gasteiger partial charge in [-0.1, -0.05) is 12.1 Å². The summed E-state index contributed by atoms with van der Waals surface area (Å²) in [4.78, 5) is 0. The molecule has 0 spiro atoms. The van der Waals surface area contributed by atoms with Crippen molar-refractivity contribution in [3.63, 3.8) is 0 Å². The first-order valence-electron chi connectivity index (χ1n) is 5.51. The molecule has 5 heteroatoms. The number of hydrogen-bond acceptors (Lipinski definition) is 4. The standard InChI is InChI=1S/C10H21N5/c1-4-5-11-6-9(2)12-7-10-8-15(3)14-13-10/h8-9,11-12H,4-7H2,1-3H3. The van der Waals surface area contributed by atoms with Gasteiger partial charge in [0.15, 0.2) is 0 Å². The zero-order valence-electron chi connectivity index (χ0n) is 9.82. The van der Waals surface area contributed by atoms with Crippen LogP contribution in [0.1, 0.15) is 26.0 Å². The van der Waals surface area contributed by atoms with Crippen LogP contribution in [0, 0.1) is 0 Å². The maximum absolute atomic E-state index is 4.01. The molecule has 1 heterocycles. The van der Waals surface area contributed by atoms with Gasteiger partial charge in [-0.2, -0.15) is 0 Å². The number of hydrogen-bond donors (Lipinski definition) is 2. The first kappa shape index (κ1) is 12.1. The number of rotatable bonds is 7. The lowest BCUT2D eigenvalue weighted by atomic mass is 10.3. The van der Waals surface area contributed by atoms with Gasteiger partial charge in [-0.25, -0.2) is 0 Å². The minimum Gasteiger partial charge on any atom is -0.315 e. The molecule has 1 unspecified atom stereocenters. The highest BCUT2D eigenvalue weighted by Crippen LogP contribution is 1.91. The number of aromatic nitrogens is 3. The van der Waals surface area contributed by atoms with Gasteiger partial charge in [0.05, 0.1) is 5.69 Å². The second-order valence-corrected chi connectivity index (χ2v) is 3.87. The molecule has 0 bridgehead atoms. The van der Waals surface area contributed by atoms with Crippen molar-refractivity contribution in [3.05, 3.63) is 11.9 Å². The fourth-order valence-electron chi connectivity index (χ4n) is 1.32. The van der Waals surface area contributed by atoms with E-state index >= 15 is 0 Å². The third kappa shape index (κ3) is 4.90. The third-order valence-electron chi connectivity index (χ3n) is 2.16. The monoisotopic (exact) mass is 211 g/mol. The maximum atomic E-state index is 4.01. The highest BCUT2D eigenvalue weighted by Gasteiger charge is 2.02. The van der Waals surface area contributed by atoms with Crippen molar-refractivity contribution in [3.8, 4) is 0 Å². The summed E-state index contributed by atoms with van der Waals surface area (Å²) in [6.45, 7) is 7.19. The molecule has 0 aliphatic heterocycles. The number of aryl methyl sites for hydroxylation is 1. The van der Waals surface area contributed by atoms with Crippen molar-refractivity contribution in [2.75, 3.05) is 13.1 Å². The molecule has 86 valence electrons. The van der Waals surface area contributed by atoms with Gasteiger partial charge in [0.2, 0.25) is 0 Å². The molecule has 0 aliphatic rings. The van der Waals surface area contributed by atoms with Crippen molar-refractivity contribution in [1.29, 1.82) is 0 Å². The van der Waals surface area contributed by atoms with Crippen LogP contribution in [0.3, 0.4) is 0 Å². The molecular formula is C10H21N5. The highest BCUT2D eigenvalue weighted by atomic mass is 15.4. The first-order chi connectivity index (χ1) is 7.22. The maximum Gasteiger partial charge on any atom is 0.0964 e. The summed E-state index contributed by atoms with van der Waals surface area (Å²) in [6.07, 6.45) is 3.11. The highest BCUT2D eigenvalue weighted by molar-refractivity contribution is 4.91. The molecule has 0 radical (unpaired) electrons. The quantitative estimate of drug-likeness (QED) is 0.637. The van der Waals surface area contributed by atoms with Crippen LogP contribution in [0.2, 0.25) is 0 Å². The van der Waals surface area contributed by atoms with Gasteiger partial charge < -0.3 is 10.6 Å². The van der Waals surface area contributed by atoms with Crippen LogP contribution in [0.25, 0.3) is 0 Å². The van der Waals surface area contributed by atoms with Crippen molar-refractivity contribution < 1.29 is 0 Å². The largest absolute Gasteiger partial charge is 0.315 e. The molecule has 5 nitrogen and oxygen atoms in total. The predicted octanol–water partition coefficient (Wildman–Crippen LogP) is 0.293. The zero-order valence-corrected chi connectivity index (χ0v) is 9.82. The Labute approximate surface area is 91.2 Å². The van der Waals surface area contributed by atoms with Gasteiger partial charge in [-0.15, -0.1) is 5.10 Å². The summed E-state index contributed by atoms with van der Waals surface area (Å²) >= 11 is 0. The van der Waals surface area contributed by atoms with Gasteiger partial charge in [-0.3, -0.25) is 4.68 Å². The summed E-state index contributed by atoms with van der Waals surface area (Å²) in [5.41, 5.74) is 0.986. The molecule has 15 heavy (non-hydrogen) atoms. The second kappa shape index (κ2) is 6.53. The minimum absolute atomic E-state index is 0.457. The van der Waals surface area contributed by atoms with Crippen LogP contribution >= 0.6 is 0 Å². The van der Waals surface area contributed by atoms with Crippen molar-refractivity contribution >= 4 is 0 Å². The molecular weight excluding hydrogens is 190 g/mol. The Morgan fingerprint density at radius 2 is 2.33 bits per heavy atom. The Bertz CT molecular complexity index is 271. The second-order valence-electron chi connectivity index (χ2n) is 3.87. The molecule has 0 fully saturated rings. The van der Waals surface area contributed by atoms with E-state index in [0.717, 1.165) is 25.3 Å². The lowest BCUT2D eigenvalue weighted by Gasteiger charge is -2.13.